The summed E-state index contributed by atoms with van der Waals surface area (Å²) >= 11 is 0. The van der Waals surface area contributed by atoms with Crippen LogP contribution in [0.5, 0.6) is 0 Å². The quantitative estimate of drug-likeness (QED) is 0.610. The van der Waals surface area contributed by atoms with Crippen LogP contribution in [-0.2, 0) is 9.63 Å². The fraction of sp³-hybridized carbons (Fsp3) is 0. The Morgan fingerprint density at radius 3 is 2.06 bits per heavy atom. The Kier molecular flexibility index (Phi) is 3.60. The lowest BCUT2D eigenvalue weighted by atomic mass is 10.2. The van der Waals surface area contributed by atoms with Gasteiger partial charge in [-0.2, -0.15) is 0 Å². The molecule has 0 atom stereocenters. The van der Waals surface area contributed by atoms with Gasteiger partial charge in [0, 0.05) is 11.4 Å². The lowest BCUT2D eigenvalue weighted by molar-refractivity contribution is -0.126. The van der Waals surface area contributed by atoms with Crippen LogP contribution in [0.4, 0.5) is 17.1 Å². The lowest BCUT2D eigenvalue weighted by Crippen LogP contribution is -1.98. The Morgan fingerprint density at radius 2 is 1.41 bits per heavy atom. The molecule has 0 radical (unpaired) electrons. The third kappa shape index (κ3) is 3.24. The Balaban J connectivity index is 2.01. The Bertz CT molecular complexity index is 469. The molecule has 0 heterocycles. The molecule has 0 aliphatic carbocycles. The minimum Gasteiger partial charge on any atom is -0.356 e. The number of hydrogen-bond donors (Lipinski definition) is 2. The second kappa shape index (κ2) is 5.55. The van der Waals surface area contributed by atoms with Crippen LogP contribution in [0.1, 0.15) is 0 Å². The number of benzene rings is 2. The van der Waals surface area contributed by atoms with Gasteiger partial charge in [-0.1, -0.05) is 18.2 Å². The molecule has 4 nitrogen and oxygen atoms in total. The molecule has 0 aliphatic heterocycles. The third-order valence-electron chi connectivity index (χ3n) is 2.17. The number of anilines is 3. The molecule has 0 unspecified atom stereocenters. The Hall–Kier alpha value is -2.49. The van der Waals surface area contributed by atoms with E-state index in [4.69, 9.17) is 0 Å². The van der Waals surface area contributed by atoms with E-state index in [-0.39, 0.29) is 0 Å². The van der Waals surface area contributed by atoms with Gasteiger partial charge in [-0.3, -0.25) is 4.79 Å². The van der Waals surface area contributed by atoms with E-state index >= 15 is 0 Å². The monoisotopic (exact) mass is 228 g/mol. The first kappa shape index (κ1) is 11.0. The molecule has 0 bridgehead atoms. The molecule has 0 aromatic heterocycles. The van der Waals surface area contributed by atoms with Gasteiger partial charge in [0.2, 0.25) is 0 Å². The van der Waals surface area contributed by atoms with Gasteiger partial charge in [0.15, 0.2) is 0 Å². The maximum absolute atomic E-state index is 9.99. The summed E-state index contributed by atoms with van der Waals surface area (Å²) in [4.78, 5) is 14.4. The summed E-state index contributed by atoms with van der Waals surface area (Å²) in [7, 11) is 0. The number of hydrogen-bond acceptors (Lipinski definition) is 4. The van der Waals surface area contributed by atoms with Crippen LogP contribution in [0.15, 0.2) is 54.6 Å². The molecule has 17 heavy (non-hydrogen) atoms. The van der Waals surface area contributed by atoms with Crippen LogP contribution < -0.4 is 10.8 Å². The number of carbonyl (C=O) groups is 1. The molecule has 2 rings (SSSR count). The van der Waals surface area contributed by atoms with Crippen molar-refractivity contribution in [3.63, 3.8) is 0 Å². The van der Waals surface area contributed by atoms with Gasteiger partial charge >= 0.3 is 6.47 Å². The molecule has 0 amide bonds. The van der Waals surface area contributed by atoms with Crippen LogP contribution >= 0.6 is 0 Å². The molecular formula is C13H12N2O2. The van der Waals surface area contributed by atoms with E-state index in [1.807, 2.05) is 54.6 Å². The van der Waals surface area contributed by atoms with E-state index in [1.165, 1.54) is 0 Å². The summed E-state index contributed by atoms with van der Waals surface area (Å²) in [5.74, 6) is 0. The minimum atomic E-state index is 0.343. The molecule has 86 valence electrons. The number of para-hydroxylation sites is 1. The SMILES string of the molecule is O=CONc1ccc(Nc2ccccc2)cc1. The van der Waals surface area contributed by atoms with Gasteiger partial charge in [-0.25, -0.2) is 5.48 Å². The fourth-order valence-electron chi connectivity index (χ4n) is 1.40. The summed E-state index contributed by atoms with van der Waals surface area (Å²) in [6.45, 7) is 0.343. The van der Waals surface area contributed by atoms with Crippen molar-refractivity contribution in [2.45, 2.75) is 0 Å². The van der Waals surface area contributed by atoms with Gasteiger partial charge in [0.05, 0.1) is 5.69 Å². The predicted octanol–water partition coefficient (Wildman–Crippen LogP) is 2.93. The summed E-state index contributed by atoms with van der Waals surface area (Å²) in [6, 6.07) is 17.3. The first-order valence-electron chi connectivity index (χ1n) is 5.16. The molecule has 2 N–H and O–H groups in total. The molecule has 0 saturated heterocycles. The van der Waals surface area contributed by atoms with Crippen molar-refractivity contribution in [1.82, 2.24) is 0 Å². The number of nitrogens with one attached hydrogen (secondary N) is 2. The van der Waals surface area contributed by atoms with Crippen molar-refractivity contribution < 1.29 is 9.63 Å². The highest BCUT2D eigenvalue weighted by atomic mass is 16.7. The van der Waals surface area contributed by atoms with Crippen LogP contribution in [0.25, 0.3) is 0 Å². The van der Waals surface area contributed by atoms with Gasteiger partial charge in [-0.15, -0.1) is 0 Å². The molecule has 0 spiro atoms. The standard InChI is InChI=1S/C13H12N2O2/c16-10-17-15-13-8-6-12(7-9-13)14-11-4-2-1-3-5-11/h1-10,14-15H. The van der Waals surface area contributed by atoms with Gasteiger partial charge < -0.3 is 10.2 Å². The fourth-order valence-corrected chi connectivity index (χ4v) is 1.40. The highest BCUT2D eigenvalue weighted by Gasteiger charge is 1.95. The Labute approximate surface area is 99.2 Å². The zero-order valence-electron chi connectivity index (χ0n) is 9.09. The lowest BCUT2D eigenvalue weighted by Gasteiger charge is -2.07. The maximum atomic E-state index is 9.99. The van der Waals surface area contributed by atoms with Crippen LogP contribution in [0, 0.1) is 0 Å². The first-order chi connectivity index (χ1) is 8.38. The van der Waals surface area contributed by atoms with Crippen LogP contribution in [0.3, 0.4) is 0 Å². The van der Waals surface area contributed by atoms with E-state index in [9.17, 15) is 4.79 Å². The summed E-state index contributed by atoms with van der Waals surface area (Å²) in [6.07, 6.45) is 0. The topological polar surface area (TPSA) is 50.4 Å². The zero-order chi connectivity index (χ0) is 11.9. The van der Waals surface area contributed by atoms with Crippen LogP contribution in [-0.4, -0.2) is 6.47 Å². The van der Waals surface area contributed by atoms with Crippen molar-refractivity contribution in [2.75, 3.05) is 10.8 Å². The van der Waals surface area contributed by atoms with Gasteiger partial charge in [0.1, 0.15) is 0 Å². The molecule has 2 aromatic rings. The second-order valence-electron chi connectivity index (χ2n) is 3.38. The van der Waals surface area contributed by atoms with E-state index in [0.29, 0.717) is 6.47 Å². The molecule has 0 aliphatic rings. The first-order valence-corrected chi connectivity index (χ1v) is 5.16. The number of rotatable bonds is 5. The smallest absolute Gasteiger partial charge is 0.320 e. The highest BCUT2D eigenvalue weighted by Crippen LogP contribution is 2.18. The summed E-state index contributed by atoms with van der Waals surface area (Å²) in [5.41, 5.74) is 5.20. The van der Waals surface area contributed by atoms with Crippen molar-refractivity contribution in [3.8, 4) is 0 Å². The van der Waals surface area contributed by atoms with Crippen LogP contribution in [0.2, 0.25) is 0 Å². The molecule has 0 saturated carbocycles. The predicted molar refractivity (Wildman–Crippen MR) is 66.9 cm³/mol. The van der Waals surface area contributed by atoms with E-state index in [0.717, 1.165) is 17.1 Å². The van der Waals surface area contributed by atoms with Gasteiger partial charge in [0.25, 0.3) is 0 Å². The highest BCUT2D eigenvalue weighted by molar-refractivity contribution is 5.62. The van der Waals surface area contributed by atoms with Gasteiger partial charge in [-0.05, 0) is 36.4 Å². The summed E-state index contributed by atoms with van der Waals surface area (Å²) in [5, 5.41) is 3.25. The molecule has 0 fully saturated rings. The largest absolute Gasteiger partial charge is 0.356 e. The van der Waals surface area contributed by atoms with Crippen molar-refractivity contribution in [1.29, 1.82) is 0 Å². The normalized spacial score (nSPS) is 9.41. The number of carbonyl (C=O) groups excluding carboxylic acids is 1. The molecule has 4 heteroatoms. The maximum Gasteiger partial charge on any atom is 0.320 e. The average molecular weight is 228 g/mol. The van der Waals surface area contributed by atoms with Crippen molar-refractivity contribution in [2.24, 2.45) is 0 Å². The minimum absolute atomic E-state index is 0.343. The average Bonchev–Trinajstić information content (AvgIpc) is 2.39. The zero-order valence-corrected chi connectivity index (χ0v) is 9.09. The second-order valence-corrected chi connectivity index (χ2v) is 3.38. The third-order valence-corrected chi connectivity index (χ3v) is 2.17. The van der Waals surface area contributed by atoms with E-state index < -0.39 is 0 Å². The molecular weight excluding hydrogens is 216 g/mol. The van der Waals surface area contributed by atoms with Crippen molar-refractivity contribution >= 4 is 23.5 Å². The summed E-state index contributed by atoms with van der Waals surface area (Å²) < 4.78 is 0. The molecule has 2 aromatic carbocycles. The van der Waals surface area contributed by atoms with Crippen molar-refractivity contribution in [3.05, 3.63) is 54.6 Å². The van der Waals surface area contributed by atoms with E-state index in [2.05, 4.69) is 15.6 Å². The Morgan fingerprint density at radius 1 is 0.824 bits per heavy atom. The van der Waals surface area contributed by atoms with E-state index in [1.54, 1.807) is 0 Å².